The number of rotatable bonds is 2. The number of hydrogen-bond acceptors (Lipinski definition) is 2. The van der Waals surface area contributed by atoms with Crippen molar-refractivity contribution in [3.05, 3.63) is 61.3 Å². The smallest absolute Gasteiger partial charge is 0.267 e. The van der Waals surface area contributed by atoms with Gasteiger partial charge in [0.2, 0.25) is 0 Å². The van der Waals surface area contributed by atoms with Gasteiger partial charge in [-0.15, -0.1) is 0 Å². The van der Waals surface area contributed by atoms with E-state index in [2.05, 4.69) is 27.7 Å². The summed E-state index contributed by atoms with van der Waals surface area (Å²) in [5.41, 5.74) is 2.27. The van der Waals surface area contributed by atoms with Gasteiger partial charge in [0.25, 0.3) is 5.91 Å². The van der Waals surface area contributed by atoms with E-state index in [0.29, 0.717) is 30.7 Å². The highest BCUT2D eigenvalue weighted by Crippen LogP contribution is 2.43. The summed E-state index contributed by atoms with van der Waals surface area (Å²) < 4.78 is 2.12. The van der Waals surface area contributed by atoms with Crippen LogP contribution >= 0.6 is 45.8 Å². The van der Waals surface area contributed by atoms with E-state index in [1.807, 2.05) is 24.3 Å². The van der Waals surface area contributed by atoms with Gasteiger partial charge in [-0.25, -0.2) is 0 Å². The molecule has 0 amide bonds. The molecule has 1 fully saturated rings. The highest BCUT2D eigenvalue weighted by molar-refractivity contribution is 14.1. The number of fused-ring (bicyclic) bond motifs is 1. The first-order chi connectivity index (χ1) is 11.1. The van der Waals surface area contributed by atoms with Gasteiger partial charge in [0.05, 0.1) is 26.5 Å². The van der Waals surface area contributed by atoms with Crippen LogP contribution in [0.15, 0.2) is 36.4 Å². The first-order valence-electron chi connectivity index (χ1n) is 7.24. The molecule has 0 aliphatic heterocycles. The van der Waals surface area contributed by atoms with Gasteiger partial charge in [0, 0.05) is 0 Å². The minimum Gasteiger partial charge on any atom is -0.267 e. The van der Waals surface area contributed by atoms with Crippen molar-refractivity contribution in [2.24, 2.45) is 0 Å². The Hall–Kier alpha value is -1.11. The Bertz CT molecular complexity index is 947. The molecule has 1 saturated carbocycles. The molecule has 0 atom stereocenters. The van der Waals surface area contributed by atoms with Crippen LogP contribution in [0, 0.1) is 3.70 Å². The Balaban J connectivity index is 1.93. The zero-order valence-electron chi connectivity index (χ0n) is 11.9. The van der Waals surface area contributed by atoms with Gasteiger partial charge in [0.1, 0.15) is 3.70 Å². The average molecular weight is 457 g/mol. The number of benzene rings is 2. The predicted octanol–water partition coefficient (Wildman–Crippen LogP) is 5.51. The lowest BCUT2D eigenvalue weighted by Crippen LogP contribution is -2.16. The van der Waals surface area contributed by atoms with E-state index in [-0.39, 0.29) is 5.91 Å². The SMILES string of the molecule is O=C(c1c(Cl)cccc1C1CC1)n1nc(I)c2c(Cl)cccc21. The van der Waals surface area contributed by atoms with Gasteiger partial charge in [-0.3, -0.25) is 4.79 Å². The van der Waals surface area contributed by atoms with Crippen molar-refractivity contribution in [2.75, 3.05) is 0 Å². The fourth-order valence-corrected chi connectivity index (χ4v) is 4.31. The third kappa shape index (κ3) is 2.57. The van der Waals surface area contributed by atoms with Crippen LogP contribution in [0.2, 0.25) is 10.0 Å². The average Bonchev–Trinajstić information content (AvgIpc) is 3.31. The summed E-state index contributed by atoms with van der Waals surface area (Å²) in [5, 5.41) is 6.26. The maximum Gasteiger partial charge on any atom is 0.280 e. The van der Waals surface area contributed by atoms with Crippen molar-refractivity contribution in [1.82, 2.24) is 9.78 Å². The van der Waals surface area contributed by atoms with Crippen molar-refractivity contribution in [3.8, 4) is 0 Å². The lowest BCUT2D eigenvalue weighted by molar-refractivity contribution is 0.0949. The van der Waals surface area contributed by atoms with E-state index in [4.69, 9.17) is 23.2 Å². The van der Waals surface area contributed by atoms with E-state index in [9.17, 15) is 4.79 Å². The summed E-state index contributed by atoms with van der Waals surface area (Å²) in [5.74, 6) is 0.227. The number of halogens is 3. The highest BCUT2D eigenvalue weighted by Gasteiger charge is 2.30. The van der Waals surface area contributed by atoms with E-state index in [1.165, 1.54) is 4.68 Å². The second kappa shape index (κ2) is 5.76. The van der Waals surface area contributed by atoms with E-state index in [1.54, 1.807) is 12.1 Å². The van der Waals surface area contributed by atoms with Gasteiger partial charge in [-0.2, -0.15) is 9.78 Å². The molecule has 1 aromatic heterocycles. The largest absolute Gasteiger partial charge is 0.280 e. The number of aromatic nitrogens is 2. The molecule has 0 spiro atoms. The summed E-state index contributed by atoms with van der Waals surface area (Å²) >= 11 is 14.7. The number of carbonyl (C=O) groups is 1. The monoisotopic (exact) mass is 456 g/mol. The third-order valence-corrected chi connectivity index (χ3v) is 5.47. The molecule has 0 unspecified atom stereocenters. The third-order valence-electron chi connectivity index (χ3n) is 4.08. The molecule has 0 N–H and O–H groups in total. The van der Waals surface area contributed by atoms with Crippen LogP contribution in [-0.2, 0) is 0 Å². The van der Waals surface area contributed by atoms with Gasteiger partial charge >= 0.3 is 0 Å². The quantitative estimate of drug-likeness (QED) is 0.476. The van der Waals surface area contributed by atoms with Crippen LogP contribution in [0.3, 0.4) is 0 Å². The summed E-state index contributed by atoms with van der Waals surface area (Å²) in [4.78, 5) is 13.1. The fourth-order valence-electron chi connectivity index (χ4n) is 2.85. The first-order valence-corrected chi connectivity index (χ1v) is 9.07. The molecular formula is C17H11Cl2IN2O. The van der Waals surface area contributed by atoms with Gasteiger partial charge in [-0.1, -0.05) is 41.4 Å². The predicted molar refractivity (Wildman–Crippen MR) is 101 cm³/mol. The van der Waals surface area contributed by atoms with Crippen molar-refractivity contribution in [3.63, 3.8) is 0 Å². The lowest BCUT2D eigenvalue weighted by Gasteiger charge is -2.10. The first kappa shape index (κ1) is 15.4. The Morgan fingerprint density at radius 1 is 1.13 bits per heavy atom. The molecule has 3 aromatic rings. The van der Waals surface area contributed by atoms with Crippen molar-refractivity contribution >= 4 is 62.6 Å². The van der Waals surface area contributed by atoms with E-state index in [0.717, 1.165) is 23.8 Å². The molecular weight excluding hydrogens is 446 g/mol. The van der Waals surface area contributed by atoms with Crippen LogP contribution in [0.5, 0.6) is 0 Å². The van der Waals surface area contributed by atoms with Gasteiger partial charge in [-0.05, 0) is 65.1 Å². The second-order valence-electron chi connectivity index (χ2n) is 5.62. The maximum atomic E-state index is 13.1. The minimum atomic E-state index is -0.201. The van der Waals surface area contributed by atoms with E-state index >= 15 is 0 Å². The van der Waals surface area contributed by atoms with Gasteiger partial charge in [0.15, 0.2) is 0 Å². The second-order valence-corrected chi connectivity index (χ2v) is 7.46. The van der Waals surface area contributed by atoms with Crippen molar-refractivity contribution in [2.45, 2.75) is 18.8 Å². The Labute approximate surface area is 156 Å². The molecule has 23 heavy (non-hydrogen) atoms. The molecule has 1 heterocycles. The molecule has 3 nitrogen and oxygen atoms in total. The molecule has 0 saturated heterocycles. The van der Waals surface area contributed by atoms with Crippen LogP contribution in [-0.4, -0.2) is 15.7 Å². The van der Waals surface area contributed by atoms with Crippen LogP contribution in [0.4, 0.5) is 0 Å². The van der Waals surface area contributed by atoms with Crippen molar-refractivity contribution in [1.29, 1.82) is 0 Å². The fraction of sp³-hybridized carbons (Fsp3) is 0.176. The van der Waals surface area contributed by atoms with Gasteiger partial charge < -0.3 is 0 Å². The summed E-state index contributed by atoms with van der Waals surface area (Å²) in [7, 11) is 0. The number of hydrogen-bond donors (Lipinski definition) is 0. The molecule has 6 heteroatoms. The van der Waals surface area contributed by atoms with Crippen LogP contribution in [0.25, 0.3) is 10.9 Å². The molecule has 116 valence electrons. The van der Waals surface area contributed by atoms with Crippen LogP contribution < -0.4 is 0 Å². The summed E-state index contributed by atoms with van der Waals surface area (Å²) in [6.45, 7) is 0. The normalized spacial score (nSPS) is 14.4. The van der Waals surface area contributed by atoms with E-state index < -0.39 is 0 Å². The minimum absolute atomic E-state index is 0.201. The summed E-state index contributed by atoms with van der Waals surface area (Å²) in [6.07, 6.45) is 2.20. The maximum absolute atomic E-state index is 13.1. The molecule has 2 aromatic carbocycles. The molecule has 1 aliphatic carbocycles. The highest BCUT2D eigenvalue weighted by atomic mass is 127. The summed E-state index contributed by atoms with van der Waals surface area (Å²) in [6, 6.07) is 11.1. The topological polar surface area (TPSA) is 34.9 Å². The van der Waals surface area contributed by atoms with Crippen molar-refractivity contribution < 1.29 is 4.79 Å². The standard InChI is InChI=1S/C17H11Cl2IN2O/c18-11-4-1-3-10(9-7-8-9)14(11)17(23)22-13-6-2-5-12(19)15(13)16(20)21-22/h1-6,9H,7-8H2. The molecule has 0 bridgehead atoms. The Kier molecular flexibility index (Phi) is 3.86. The molecule has 4 rings (SSSR count). The number of carbonyl (C=O) groups excluding carboxylic acids is 1. The molecule has 1 aliphatic rings. The zero-order valence-corrected chi connectivity index (χ0v) is 15.6. The molecule has 0 radical (unpaired) electrons. The Morgan fingerprint density at radius 3 is 2.57 bits per heavy atom. The number of nitrogens with zero attached hydrogens (tertiary/aromatic N) is 2. The zero-order chi connectivity index (χ0) is 16.1. The Morgan fingerprint density at radius 2 is 1.83 bits per heavy atom. The van der Waals surface area contributed by atoms with Crippen LogP contribution in [0.1, 0.15) is 34.7 Å². The lowest BCUT2D eigenvalue weighted by atomic mass is 10.0.